The molecule has 2 heterocycles. The lowest BCUT2D eigenvalue weighted by Crippen LogP contribution is -2.39. The van der Waals surface area contributed by atoms with Crippen LogP contribution in [0, 0.1) is 0 Å². The number of amides is 1. The Labute approximate surface area is 197 Å². The Hall–Kier alpha value is -2.45. The van der Waals surface area contributed by atoms with Crippen LogP contribution in [-0.2, 0) is 9.53 Å². The molecule has 6 nitrogen and oxygen atoms in total. The predicted octanol–water partition coefficient (Wildman–Crippen LogP) is 4.73. The number of aromatic nitrogens is 1. The van der Waals surface area contributed by atoms with Crippen molar-refractivity contribution in [1.29, 1.82) is 0 Å². The van der Waals surface area contributed by atoms with Crippen LogP contribution in [0.5, 0.6) is 5.75 Å². The molecule has 0 spiro atoms. The Kier molecular flexibility index (Phi) is 7.76. The topological polar surface area (TPSA) is 54.9 Å². The van der Waals surface area contributed by atoms with E-state index in [0.717, 1.165) is 60.8 Å². The lowest BCUT2D eigenvalue weighted by atomic mass is 10.2. The van der Waals surface area contributed by atoms with Gasteiger partial charge < -0.3 is 9.47 Å². The minimum Gasteiger partial charge on any atom is -0.497 e. The van der Waals surface area contributed by atoms with Gasteiger partial charge in [0.1, 0.15) is 5.75 Å². The first kappa shape index (κ1) is 22.7. The van der Waals surface area contributed by atoms with E-state index >= 15 is 0 Å². The third-order valence-corrected chi connectivity index (χ3v) is 6.75. The van der Waals surface area contributed by atoms with Crippen LogP contribution in [-0.4, -0.2) is 62.3 Å². The quantitative estimate of drug-likeness (QED) is 0.445. The van der Waals surface area contributed by atoms with Crippen molar-refractivity contribution in [2.24, 2.45) is 0 Å². The third-order valence-electron chi connectivity index (χ3n) is 5.35. The Bertz CT molecular complexity index is 1100. The highest BCUT2D eigenvalue weighted by Gasteiger charge is 2.19. The van der Waals surface area contributed by atoms with Gasteiger partial charge in [0, 0.05) is 43.3 Å². The summed E-state index contributed by atoms with van der Waals surface area (Å²) in [6, 6.07) is 13.3. The summed E-state index contributed by atoms with van der Waals surface area (Å²) < 4.78 is 11.8. The number of benzene rings is 2. The van der Waals surface area contributed by atoms with Crippen LogP contribution in [0.3, 0.4) is 0 Å². The number of fused-ring (bicyclic) bond motifs is 1. The van der Waals surface area contributed by atoms with Crippen molar-refractivity contribution in [2.45, 2.75) is 6.42 Å². The van der Waals surface area contributed by atoms with Crippen molar-refractivity contribution in [2.75, 3.05) is 51.4 Å². The summed E-state index contributed by atoms with van der Waals surface area (Å²) in [6.07, 6.45) is 4.18. The second kappa shape index (κ2) is 10.9. The summed E-state index contributed by atoms with van der Waals surface area (Å²) in [5.74, 6) is 0.635. The summed E-state index contributed by atoms with van der Waals surface area (Å²) in [5.41, 5.74) is 1.63. The second-order valence-electron chi connectivity index (χ2n) is 7.48. The number of thiazole rings is 1. The van der Waals surface area contributed by atoms with E-state index < -0.39 is 0 Å². The molecule has 1 saturated heterocycles. The zero-order valence-electron chi connectivity index (χ0n) is 18.0. The minimum atomic E-state index is -0.113. The van der Waals surface area contributed by atoms with Gasteiger partial charge in [-0.15, -0.1) is 0 Å². The molecule has 0 atom stereocenters. The molecule has 0 bridgehead atoms. The summed E-state index contributed by atoms with van der Waals surface area (Å²) in [7, 11) is 1.63. The Morgan fingerprint density at radius 1 is 1.28 bits per heavy atom. The number of ether oxygens (including phenoxy) is 2. The van der Waals surface area contributed by atoms with Gasteiger partial charge >= 0.3 is 0 Å². The average molecular weight is 472 g/mol. The monoisotopic (exact) mass is 471 g/mol. The predicted molar refractivity (Wildman–Crippen MR) is 131 cm³/mol. The summed E-state index contributed by atoms with van der Waals surface area (Å²) in [5, 5.41) is 1.30. The van der Waals surface area contributed by atoms with Crippen LogP contribution < -0.4 is 9.64 Å². The van der Waals surface area contributed by atoms with Gasteiger partial charge in [0.25, 0.3) is 5.91 Å². The van der Waals surface area contributed by atoms with E-state index in [0.29, 0.717) is 16.7 Å². The van der Waals surface area contributed by atoms with Gasteiger partial charge in [0.2, 0.25) is 0 Å². The molecule has 0 unspecified atom stereocenters. The SMILES string of the molecule is COc1ccc2sc(N(CCCN3CCOCC3)C(=O)/C=C/c3ccccc3Cl)nc2c1. The number of carbonyl (C=O) groups excluding carboxylic acids is 1. The van der Waals surface area contributed by atoms with Crippen molar-refractivity contribution >= 4 is 50.3 Å². The van der Waals surface area contributed by atoms with Crippen molar-refractivity contribution in [3.63, 3.8) is 0 Å². The molecule has 1 amide bonds. The molecule has 32 heavy (non-hydrogen) atoms. The molecule has 0 N–H and O–H groups in total. The van der Waals surface area contributed by atoms with Crippen LogP contribution in [0.4, 0.5) is 5.13 Å². The maximum Gasteiger partial charge on any atom is 0.252 e. The summed E-state index contributed by atoms with van der Waals surface area (Å²) in [4.78, 5) is 22.1. The van der Waals surface area contributed by atoms with E-state index in [1.54, 1.807) is 24.2 Å². The molecular formula is C24H26ClN3O3S. The van der Waals surface area contributed by atoms with Crippen LogP contribution in [0.25, 0.3) is 16.3 Å². The van der Waals surface area contributed by atoms with E-state index in [1.807, 2.05) is 42.5 Å². The second-order valence-corrected chi connectivity index (χ2v) is 8.90. The highest BCUT2D eigenvalue weighted by atomic mass is 35.5. The van der Waals surface area contributed by atoms with E-state index in [9.17, 15) is 4.79 Å². The van der Waals surface area contributed by atoms with E-state index in [1.165, 1.54) is 11.3 Å². The molecule has 3 aromatic rings. The number of halogens is 1. The van der Waals surface area contributed by atoms with E-state index in [2.05, 4.69) is 4.90 Å². The number of anilines is 1. The van der Waals surface area contributed by atoms with Gasteiger partial charge in [0.15, 0.2) is 5.13 Å². The molecule has 0 radical (unpaired) electrons. The number of hydrogen-bond donors (Lipinski definition) is 0. The first-order valence-electron chi connectivity index (χ1n) is 10.6. The molecule has 168 valence electrons. The van der Waals surface area contributed by atoms with E-state index in [-0.39, 0.29) is 5.91 Å². The minimum absolute atomic E-state index is 0.113. The van der Waals surface area contributed by atoms with Crippen molar-refractivity contribution in [3.05, 3.63) is 59.1 Å². The van der Waals surface area contributed by atoms with Crippen LogP contribution in [0.2, 0.25) is 5.02 Å². The van der Waals surface area contributed by atoms with Gasteiger partial charge in [-0.05, 0) is 36.3 Å². The van der Waals surface area contributed by atoms with Crippen molar-refractivity contribution in [3.8, 4) is 5.75 Å². The molecule has 4 rings (SSSR count). The molecule has 1 aliphatic heterocycles. The largest absolute Gasteiger partial charge is 0.497 e. The highest BCUT2D eigenvalue weighted by molar-refractivity contribution is 7.22. The number of methoxy groups -OCH3 is 1. The van der Waals surface area contributed by atoms with Gasteiger partial charge in [-0.2, -0.15) is 0 Å². The molecule has 1 aliphatic rings. The van der Waals surface area contributed by atoms with Crippen molar-refractivity contribution in [1.82, 2.24) is 9.88 Å². The molecule has 1 fully saturated rings. The van der Waals surface area contributed by atoms with Gasteiger partial charge in [-0.3, -0.25) is 14.6 Å². The Balaban J connectivity index is 1.54. The fraction of sp³-hybridized carbons (Fsp3) is 0.333. The normalized spacial score (nSPS) is 14.8. The summed E-state index contributed by atoms with van der Waals surface area (Å²) in [6.45, 7) is 4.90. The van der Waals surface area contributed by atoms with Gasteiger partial charge in [0.05, 0.1) is 30.5 Å². The number of carbonyl (C=O) groups is 1. The van der Waals surface area contributed by atoms with E-state index in [4.69, 9.17) is 26.1 Å². The zero-order chi connectivity index (χ0) is 22.3. The number of hydrogen-bond acceptors (Lipinski definition) is 6. The maximum atomic E-state index is 13.2. The smallest absolute Gasteiger partial charge is 0.252 e. The molecule has 2 aromatic carbocycles. The molecule has 1 aromatic heterocycles. The van der Waals surface area contributed by atoms with Crippen molar-refractivity contribution < 1.29 is 14.3 Å². The molecule has 0 saturated carbocycles. The average Bonchev–Trinajstić information content (AvgIpc) is 3.24. The zero-order valence-corrected chi connectivity index (χ0v) is 19.6. The van der Waals surface area contributed by atoms with Crippen LogP contribution >= 0.6 is 22.9 Å². The number of rotatable bonds is 8. The first-order chi connectivity index (χ1) is 15.6. The molecule has 8 heteroatoms. The first-order valence-corrected chi connectivity index (χ1v) is 11.8. The maximum absolute atomic E-state index is 13.2. The molecule has 0 aliphatic carbocycles. The lowest BCUT2D eigenvalue weighted by Gasteiger charge is -2.27. The third kappa shape index (κ3) is 5.66. The van der Waals surface area contributed by atoms with Crippen LogP contribution in [0.1, 0.15) is 12.0 Å². The standard InChI is InChI=1S/C24H26ClN3O3S/c1-30-19-8-9-22-21(17-19)26-24(32-22)28(12-4-11-27-13-15-31-16-14-27)23(29)10-7-18-5-2-3-6-20(18)25/h2-3,5-10,17H,4,11-16H2,1H3/b10-7+. The highest BCUT2D eigenvalue weighted by Crippen LogP contribution is 2.31. The lowest BCUT2D eigenvalue weighted by molar-refractivity contribution is -0.114. The van der Waals surface area contributed by atoms with Crippen LogP contribution in [0.15, 0.2) is 48.5 Å². The molecular weight excluding hydrogens is 446 g/mol. The summed E-state index contributed by atoms with van der Waals surface area (Å²) >= 11 is 7.75. The number of nitrogens with zero attached hydrogens (tertiary/aromatic N) is 3. The van der Waals surface area contributed by atoms with Gasteiger partial charge in [-0.25, -0.2) is 4.98 Å². The Morgan fingerprint density at radius 2 is 2.09 bits per heavy atom. The Morgan fingerprint density at radius 3 is 2.88 bits per heavy atom. The fourth-order valence-corrected chi connectivity index (χ4v) is 4.75. The number of morpholine rings is 1. The van der Waals surface area contributed by atoms with Gasteiger partial charge in [-0.1, -0.05) is 41.1 Å². The fourth-order valence-electron chi connectivity index (χ4n) is 3.58.